The summed E-state index contributed by atoms with van der Waals surface area (Å²) in [6, 6.07) is 16.1. The Morgan fingerprint density at radius 2 is 1.95 bits per heavy atom. The van der Waals surface area contributed by atoms with Gasteiger partial charge in [0.1, 0.15) is 12.4 Å². The Morgan fingerprint density at radius 1 is 1.16 bits per heavy atom. The number of rotatable bonds is 5. The van der Waals surface area contributed by atoms with Crippen LogP contribution in [0.3, 0.4) is 0 Å². The molecule has 0 amide bonds. The largest absolute Gasteiger partial charge is 0.489 e. The standard InChI is InChI=1S/C16H18ClNO/c1-12(18-2)13-7-5-8-15(10-13)19-11-14-6-3-4-9-16(14)17/h3-10,12,18H,11H2,1-2H3. The van der Waals surface area contributed by atoms with Crippen molar-refractivity contribution in [2.75, 3.05) is 7.05 Å². The molecule has 0 heterocycles. The SMILES string of the molecule is CNC(C)c1cccc(OCc2ccccc2Cl)c1. The third-order valence-electron chi connectivity index (χ3n) is 3.14. The van der Waals surface area contributed by atoms with Crippen molar-refractivity contribution in [3.05, 3.63) is 64.7 Å². The molecule has 0 bridgehead atoms. The van der Waals surface area contributed by atoms with Crippen LogP contribution in [0.2, 0.25) is 5.02 Å². The third-order valence-corrected chi connectivity index (χ3v) is 3.51. The topological polar surface area (TPSA) is 21.3 Å². The van der Waals surface area contributed by atoms with Crippen LogP contribution in [0.25, 0.3) is 0 Å². The Labute approximate surface area is 119 Å². The van der Waals surface area contributed by atoms with E-state index in [2.05, 4.69) is 24.4 Å². The maximum Gasteiger partial charge on any atom is 0.120 e. The van der Waals surface area contributed by atoms with Gasteiger partial charge in [0.25, 0.3) is 0 Å². The molecule has 0 aliphatic carbocycles. The second kappa shape index (κ2) is 6.60. The Kier molecular flexibility index (Phi) is 4.83. The highest BCUT2D eigenvalue weighted by Crippen LogP contribution is 2.21. The first-order valence-corrected chi connectivity index (χ1v) is 6.72. The van der Waals surface area contributed by atoms with Crippen molar-refractivity contribution in [1.29, 1.82) is 0 Å². The van der Waals surface area contributed by atoms with Crippen molar-refractivity contribution in [2.45, 2.75) is 19.6 Å². The van der Waals surface area contributed by atoms with Crippen LogP contribution in [0.4, 0.5) is 0 Å². The summed E-state index contributed by atoms with van der Waals surface area (Å²) in [5, 5.41) is 3.95. The van der Waals surface area contributed by atoms with Gasteiger partial charge >= 0.3 is 0 Å². The van der Waals surface area contributed by atoms with E-state index in [0.717, 1.165) is 16.3 Å². The highest BCUT2D eigenvalue weighted by atomic mass is 35.5. The van der Waals surface area contributed by atoms with Gasteiger partial charge in [-0.05, 0) is 37.7 Å². The molecular weight excluding hydrogens is 258 g/mol. The third kappa shape index (κ3) is 3.72. The summed E-state index contributed by atoms with van der Waals surface area (Å²) < 4.78 is 5.80. The summed E-state index contributed by atoms with van der Waals surface area (Å²) in [7, 11) is 1.95. The summed E-state index contributed by atoms with van der Waals surface area (Å²) in [5.41, 5.74) is 2.20. The molecule has 2 aromatic carbocycles. The van der Waals surface area contributed by atoms with E-state index in [1.54, 1.807) is 0 Å². The van der Waals surface area contributed by atoms with E-state index in [0.29, 0.717) is 12.6 Å². The molecule has 0 fully saturated rings. The molecule has 100 valence electrons. The van der Waals surface area contributed by atoms with Gasteiger partial charge in [-0.3, -0.25) is 0 Å². The van der Waals surface area contributed by atoms with Gasteiger partial charge in [0.15, 0.2) is 0 Å². The first-order chi connectivity index (χ1) is 9.20. The zero-order valence-electron chi connectivity index (χ0n) is 11.2. The maximum atomic E-state index is 6.10. The summed E-state index contributed by atoms with van der Waals surface area (Å²) in [6.07, 6.45) is 0. The molecule has 19 heavy (non-hydrogen) atoms. The lowest BCUT2D eigenvalue weighted by atomic mass is 10.1. The van der Waals surface area contributed by atoms with Gasteiger partial charge in [-0.15, -0.1) is 0 Å². The van der Waals surface area contributed by atoms with Gasteiger partial charge < -0.3 is 10.1 Å². The fraction of sp³-hybridized carbons (Fsp3) is 0.250. The Hall–Kier alpha value is -1.51. The van der Waals surface area contributed by atoms with E-state index in [9.17, 15) is 0 Å². The number of hydrogen-bond acceptors (Lipinski definition) is 2. The Balaban J connectivity index is 2.06. The highest BCUT2D eigenvalue weighted by Gasteiger charge is 2.04. The van der Waals surface area contributed by atoms with Crippen LogP contribution in [0.5, 0.6) is 5.75 Å². The Bertz CT molecular complexity index is 542. The number of hydrogen-bond donors (Lipinski definition) is 1. The second-order valence-corrected chi connectivity index (χ2v) is 4.87. The van der Waals surface area contributed by atoms with Gasteiger partial charge in [0.05, 0.1) is 0 Å². The van der Waals surface area contributed by atoms with Gasteiger partial charge in [0, 0.05) is 16.6 Å². The van der Waals surface area contributed by atoms with Crippen molar-refractivity contribution in [3.63, 3.8) is 0 Å². The molecule has 0 saturated carbocycles. The first kappa shape index (κ1) is 13.9. The lowest BCUT2D eigenvalue weighted by Crippen LogP contribution is -2.12. The molecular formula is C16H18ClNO. The normalized spacial score (nSPS) is 12.2. The number of benzene rings is 2. The van der Waals surface area contributed by atoms with E-state index < -0.39 is 0 Å². The van der Waals surface area contributed by atoms with Crippen LogP contribution < -0.4 is 10.1 Å². The Morgan fingerprint density at radius 3 is 2.68 bits per heavy atom. The van der Waals surface area contributed by atoms with Crippen LogP contribution in [-0.2, 0) is 6.61 Å². The molecule has 0 spiro atoms. The molecule has 2 rings (SSSR count). The van der Waals surface area contributed by atoms with E-state index >= 15 is 0 Å². The van der Waals surface area contributed by atoms with Gasteiger partial charge in [-0.1, -0.05) is 41.9 Å². The zero-order chi connectivity index (χ0) is 13.7. The summed E-state index contributed by atoms with van der Waals surface area (Å²) in [4.78, 5) is 0. The van der Waals surface area contributed by atoms with Crippen molar-refractivity contribution < 1.29 is 4.74 Å². The van der Waals surface area contributed by atoms with E-state index in [-0.39, 0.29) is 0 Å². The minimum Gasteiger partial charge on any atom is -0.489 e. The van der Waals surface area contributed by atoms with E-state index in [1.165, 1.54) is 5.56 Å². The molecule has 2 aromatic rings. The van der Waals surface area contributed by atoms with Gasteiger partial charge in [-0.25, -0.2) is 0 Å². The summed E-state index contributed by atoms with van der Waals surface area (Å²) in [5.74, 6) is 0.861. The molecule has 2 nitrogen and oxygen atoms in total. The number of ether oxygens (including phenoxy) is 1. The molecule has 0 aromatic heterocycles. The predicted molar refractivity (Wildman–Crippen MR) is 79.7 cm³/mol. The first-order valence-electron chi connectivity index (χ1n) is 6.34. The van der Waals surface area contributed by atoms with E-state index in [1.807, 2.05) is 43.4 Å². The predicted octanol–water partition coefficient (Wildman–Crippen LogP) is 4.20. The summed E-state index contributed by atoms with van der Waals surface area (Å²) >= 11 is 6.10. The fourth-order valence-electron chi connectivity index (χ4n) is 1.82. The van der Waals surface area contributed by atoms with Crippen LogP contribution in [-0.4, -0.2) is 7.05 Å². The lowest BCUT2D eigenvalue weighted by molar-refractivity contribution is 0.305. The average Bonchev–Trinajstić information content (AvgIpc) is 2.46. The van der Waals surface area contributed by atoms with Crippen molar-refractivity contribution in [1.82, 2.24) is 5.32 Å². The number of nitrogens with one attached hydrogen (secondary N) is 1. The zero-order valence-corrected chi connectivity index (χ0v) is 11.9. The average molecular weight is 276 g/mol. The van der Waals surface area contributed by atoms with Crippen LogP contribution in [0.15, 0.2) is 48.5 Å². The fourth-order valence-corrected chi connectivity index (χ4v) is 2.01. The molecule has 0 aliphatic heterocycles. The molecule has 1 N–H and O–H groups in total. The number of halogens is 1. The van der Waals surface area contributed by atoms with Crippen LogP contribution in [0, 0.1) is 0 Å². The molecule has 3 heteroatoms. The van der Waals surface area contributed by atoms with E-state index in [4.69, 9.17) is 16.3 Å². The van der Waals surface area contributed by atoms with Gasteiger partial charge in [-0.2, -0.15) is 0 Å². The van der Waals surface area contributed by atoms with Crippen molar-refractivity contribution in [3.8, 4) is 5.75 Å². The van der Waals surface area contributed by atoms with Crippen LogP contribution in [0.1, 0.15) is 24.1 Å². The molecule has 1 atom stereocenters. The molecule has 0 aliphatic rings. The second-order valence-electron chi connectivity index (χ2n) is 4.46. The maximum absolute atomic E-state index is 6.10. The molecule has 0 radical (unpaired) electrons. The molecule has 1 unspecified atom stereocenters. The van der Waals surface area contributed by atoms with Crippen LogP contribution >= 0.6 is 11.6 Å². The smallest absolute Gasteiger partial charge is 0.120 e. The van der Waals surface area contributed by atoms with Crippen molar-refractivity contribution in [2.24, 2.45) is 0 Å². The van der Waals surface area contributed by atoms with Crippen molar-refractivity contribution >= 4 is 11.6 Å². The summed E-state index contributed by atoms with van der Waals surface area (Å²) in [6.45, 7) is 2.60. The molecule has 0 saturated heterocycles. The minimum absolute atomic E-state index is 0.309. The van der Waals surface area contributed by atoms with Gasteiger partial charge in [0.2, 0.25) is 0 Å². The lowest BCUT2D eigenvalue weighted by Gasteiger charge is -2.13. The monoisotopic (exact) mass is 275 g/mol. The minimum atomic E-state index is 0.309. The quantitative estimate of drug-likeness (QED) is 0.883. The highest BCUT2D eigenvalue weighted by molar-refractivity contribution is 6.31.